The van der Waals surface area contributed by atoms with Crippen molar-refractivity contribution < 1.29 is 24.2 Å². The van der Waals surface area contributed by atoms with Gasteiger partial charge in [0.25, 0.3) is 5.91 Å². The summed E-state index contributed by atoms with van der Waals surface area (Å²) in [7, 11) is 1.58. The van der Waals surface area contributed by atoms with E-state index in [1.807, 2.05) is 6.92 Å². The van der Waals surface area contributed by atoms with E-state index in [0.717, 1.165) is 12.0 Å². The van der Waals surface area contributed by atoms with Crippen LogP contribution in [0.4, 0.5) is 0 Å². The molecule has 128 valence electrons. The summed E-state index contributed by atoms with van der Waals surface area (Å²) >= 11 is 0. The zero-order valence-corrected chi connectivity index (χ0v) is 13.8. The number of fused-ring (bicyclic) bond motifs is 1. The maximum Gasteiger partial charge on any atom is 0.326 e. The van der Waals surface area contributed by atoms with Gasteiger partial charge < -0.3 is 19.5 Å². The first-order valence-corrected chi connectivity index (χ1v) is 8.04. The van der Waals surface area contributed by atoms with Crippen LogP contribution in [0.3, 0.4) is 0 Å². The van der Waals surface area contributed by atoms with Crippen molar-refractivity contribution in [2.24, 2.45) is 5.92 Å². The molecule has 1 saturated heterocycles. The summed E-state index contributed by atoms with van der Waals surface area (Å²) < 4.78 is 10.8. The van der Waals surface area contributed by atoms with Crippen molar-refractivity contribution in [3.8, 4) is 11.5 Å². The molecule has 1 fully saturated rings. The number of carboxylic acid groups (broad SMARTS) is 1. The van der Waals surface area contributed by atoms with E-state index in [9.17, 15) is 14.7 Å². The van der Waals surface area contributed by atoms with Crippen LogP contribution >= 0.6 is 0 Å². The molecule has 6 heteroatoms. The molecular weight excluding hydrogens is 310 g/mol. The lowest BCUT2D eigenvalue weighted by Gasteiger charge is -2.36. The van der Waals surface area contributed by atoms with Gasteiger partial charge in [0.05, 0.1) is 12.7 Å². The van der Waals surface area contributed by atoms with Crippen LogP contribution in [0.25, 0.3) is 6.08 Å². The molecule has 2 atom stereocenters. The first-order chi connectivity index (χ1) is 11.5. The van der Waals surface area contributed by atoms with Crippen molar-refractivity contribution in [2.45, 2.75) is 25.8 Å². The van der Waals surface area contributed by atoms with E-state index in [1.54, 1.807) is 31.4 Å². The van der Waals surface area contributed by atoms with E-state index in [0.29, 0.717) is 36.0 Å². The molecule has 0 bridgehead atoms. The van der Waals surface area contributed by atoms with Crippen molar-refractivity contribution in [3.05, 3.63) is 29.3 Å². The summed E-state index contributed by atoms with van der Waals surface area (Å²) in [6, 6.07) is 4.63. The fraction of sp³-hybridized carbons (Fsp3) is 0.444. The van der Waals surface area contributed by atoms with Crippen LogP contribution in [-0.2, 0) is 9.59 Å². The highest BCUT2D eigenvalue weighted by molar-refractivity contribution is 6.01. The molecule has 0 radical (unpaired) electrons. The van der Waals surface area contributed by atoms with E-state index in [-0.39, 0.29) is 12.5 Å². The molecule has 24 heavy (non-hydrogen) atoms. The van der Waals surface area contributed by atoms with Gasteiger partial charge in [0.2, 0.25) is 0 Å². The lowest BCUT2D eigenvalue weighted by Crippen LogP contribution is -2.50. The molecule has 0 saturated carbocycles. The number of piperidine rings is 1. The Morgan fingerprint density at radius 2 is 2.17 bits per heavy atom. The lowest BCUT2D eigenvalue weighted by atomic mass is 9.91. The summed E-state index contributed by atoms with van der Waals surface area (Å²) in [6.45, 7) is 2.62. The quantitative estimate of drug-likeness (QED) is 0.919. The lowest BCUT2D eigenvalue weighted by molar-refractivity contribution is -0.151. The Morgan fingerprint density at radius 1 is 1.38 bits per heavy atom. The van der Waals surface area contributed by atoms with Crippen molar-refractivity contribution in [3.63, 3.8) is 0 Å². The summed E-state index contributed by atoms with van der Waals surface area (Å²) in [5, 5.41) is 9.44. The van der Waals surface area contributed by atoms with Crippen molar-refractivity contribution >= 4 is 18.0 Å². The Hall–Kier alpha value is -2.50. The zero-order valence-electron chi connectivity index (χ0n) is 13.8. The minimum atomic E-state index is -0.950. The number of rotatable bonds is 3. The van der Waals surface area contributed by atoms with Gasteiger partial charge in [-0.3, -0.25) is 4.79 Å². The third-order valence-corrected chi connectivity index (χ3v) is 4.62. The minimum Gasteiger partial charge on any atom is -0.497 e. The number of aliphatic carboxylic acids is 1. The number of methoxy groups -OCH3 is 1. The predicted molar refractivity (Wildman–Crippen MR) is 88.0 cm³/mol. The van der Waals surface area contributed by atoms with E-state index in [4.69, 9.17) is 9.47 Å². The number of carbonyl (C=O) groups is 2. The molecular formula is C18H21NO5. The number of likely N-dealkylation sites (tertiary alicyclic amines) is 1. The molecule has 0 spiro atoms. The Labute approximate surface area is 140 Å². The zero-order chi connectivity index (χ0) is 17.3. The Kier molecular flexibility index (Phi) is 4.46. The molecule has 0 aromatic heterocycles. The number of ether oxygens (including phenoxy) is 2. The average molecular weight is 331 g/mol. The monoisotopic (exact) mass is 331 g/mol. The number of carbonyl (C=O) groups excluding carboxylic acids is 1. The van der Waals surface area contributed by atoms with Crippen molar-refractivity contribution in [2.75, 3.05) is 20.3 Å². The molecule has 1 aromatic rings. The van der Waals surface area contributed by atoms with Gasteiger partial charge in [0.1, 0.15) is 24.1 Å². The largest absolute Gasteiger partial charge is 0.497 e. The van der Waals surface area contributed by atoms with E-state index in [2.05, 4.69) is 0 Å². The fourth-order valence-corrected chi connectivity index (χ4v) is 3.21. The standard InChI is InChI=1S/C18H21NO5/c1-11-5-6-19(15(7-11)18(21)22)17(20)13-8-12-9-14(23-2)3-4-16(12)24-10-13/h3-4,8-9,11,15H,5-7,10H2,1-2H3,(H,21,22). The normalized spacial score (nSPS) is 22.9. The van der Waals surface area contributed by atoms with Gasteiger partial charge in [0, 0.05) is 12.1 Å². The number of nitrogens with zero attached hydrogens (tertiary/aromatic N) is 1. The summed E-state index contributed by atoms with van der Waals surface area (Å²) in [4.78, 5) is 25.8. The highest BCUT2D eigenvalue weighted by atomic mass is 16.5. The summed E-state index contributed by atoms with van der Waals surface area (Å²) in [6.07, 6.45) is 3.06. The number of hydrogen-bond acceptors (Lipinski definition) is 4. The van der Waals surface area contributed by atoms with E-state index in [1.165, 1.54) is 4.90 Å². The SMILES string of the molecule is COc1ccc2c(c1)C=C(C(=O)N1CCC(C)CC1C(=O)O)CO2. The minimum absolute atomic E-state index is 0.149. The molecule has 2 heterocycles. The first kappa shape index (κ1) is 16.4. The number of carboxylic acids is 1. The highest BCUT2D eigenvalue weighted by Gasteiger charge is 2.36. The molecule has 1 amide bonds. The molecule has 0 aliphatic carbocycles. The molecule has 2 unspecified atom stereocenters. The Bertz CT molecular complexity index is 697. The van der Waals surface area contributed by atoms with Gasteiger partial charge in [0.15, 0.2) is 0 Å². The van der Waals surface area contributed by atoms with Crippen LogP contribution < -0.4 is 9.47 Å². The van der Waals surface area contributed by atoms with Crippen molar-refractivity contribution in [1.29, 1.82) is 0 Å². The Morgan fingerprint density at radius 3 is 2.88 bits per heavy atom. The molecule has 1 aromatic carbocycles. The van der Waals surface area contributed by atoms with Crippen LogP contribution in [0.5, 0.6) is 11.5 Å². The van der Waals surface area contributed by atoms with Crippen molar-refractivity contribution in [1.82, 2.24) is 4.90 Å². The predicted octanol–water partition coefficient (Wildman–Crippen LogP) is 2.18. The second-order valence-electron chi connectivity index (χ2n) is 6.34. The van der Waals surface area contributed by atoms with Gasteiger partial charge in [-0.05, 0) is 43.0 Å². The van der Waals surface area contributed by atoms with Crippen LogP contribution in [-0.4, -0.2) is 48.2 Å². The number of benzene rings is 1. The molecule has 1 N–H and O–H groups in total. The molecule has 6 nitrogen and oxygen atoms in total. The second kappa shape index (κ2) is 6.55. The maximum atomic E-state index is 12.8. The first-order valence-electron chi connectivity index (χ1n) is 8.04. The third-order valence-electron chi connectivity index (χ3n) is 4.62. The van der Waals surface area contributed by atoms with Gasteiger partial charge in [-0.1, -0.05) is 6.92 Å². The van der Waals surface area contributed by atoms with Crippen LogP contribution in [0.2, 0.25) is 0 Å². The van der Waals surface area contributed by atoms with Crippen LogP contribution in [0.1, 0.15) is 25.3 Å². The average Bonchev–Trinajstić information content (AvgIpc) is 2.60. The van der Waals surface area contributed by atoms with Gasteiger partial charge >= 0.3 is 5.97 Å². The van der Waals surface area contributed by atoms with Gasteiger partial charge in [-0.2, -0.15) is 0 Å². The fourth-order valence-electron chi connectivity index (χ4n) is 3.21. The summed E-state index contributed by atoms with van der Waals surface area (Å²) in [5.41, 5.74) is 1.23. The Balaban J connectivity index is 1.86. The highest BCUT2D eigenvalue weighted by Crippen LogP contribution is 2.31. The van der Waals surface area contributed by atoms with E-state index < -0.39 is 12.0 Å². The summed E-state index contributed by atoms with van der Waals surface area (Å²) in [5.74, 6) is 0.459. The maximum absolute atomic E-state index is 12.8. The third kappa shape index (κ3) is 3.09. The number of hydrogen-bond donors (Lipinski definition) is 1. The van der Waals surface area contributed by atoms with Crippen LogP contribution in [0.15, 0.2) is 23.8 Å². The molecule has 2 aliphatic rings. The topological polar surface area (TPSA) is 76.1 Å². The van der Waals surface area contributed by atoms with E-state index >= 15 is 0 Å². The number of amides is 1. The van der Waals surface area contributed by atoms with Gasteiger partial charge in [-0.25, -0.2) is 4.79 Å². The molecule has 3 rings (SSSR count). The smallest absolute Gasteiger partial charge is 0.326 e. The molecule has 2 aliphatic heterocycles. The second-order valence-corrected chi connectivity index (χ2v) is 6.34. The van der Waals surface area contributed by atoms with Gasteiger partial charge in [-0.15, -0.1) is 0 Å². The van der Waals surface area contributed by atoms with Crippen LogP contribution in [0, 0.1) is 5.92 Å².